The molecular weight excluding hydrogens is 350 g/mol. The van der Waals surface area contributed by atoms with Crippen LogP contribution >= 0.6 is 0 Å². The van der Waals surface area contributed by atoms with E-state index in [0.717, 1.165) is 19.3 Å². The summed E-state index contributed by atoms with van der Waals surface area (Å²) in [4.78, 5) is 27.3. The Hall–Kier alpha value is -1.93. The molecule has 1 saturated heterocycles. The van der Waals surface area contributed by atoms with Crippen molar-refractivity contribution in [3.63, 3.8) is 0 Å². The van der Waals surface area contributed by atoms with E-state index >= 15 is 0 Å². The van der Waals surface area contributed by atoms with E-state index in [1.165, 1.54) is 0 Å². The van der Waals surface area contributed by atoms with Gasteiger partial charge in [0.2, 0.25) is 11.7 Å². The Labute approximate surface area is 159 Å². The first-order chi connectivity index (χ1) is 13.1. The number of aryl methyl sites for hydroxylation is 1. The molecule has 1 aromatic heterocycles. The van der Waals surface area contributed by atoms with Crippen LogP contribution in [0, 0.1) is 12.8 Å². The maximum Gasteiger partial charge on any atom is 0.290 e. The second-order valence-electron chi connectivity index (χ2n) is 7.27. The van der Waals surface area contributed by atoms with Crippen molar-refractivity contribution in [3.8, 4) is 0 Å². The molecule has 1 aliphatic heterocycles. The monoisotopic (exact) mass is 379 g/mol. The maximum absolute atomic E-state index is 12.9. The van der Waals surface area contributed by atoms with Gasteiger partial charge in [0.15, 0.2) is 0 Å². The van der Waals surface area contributed by atoms with E-state index in [0.29, 0.717) is 45.0 Å². The van der Waals surface area contributed by atoms with Gasteiger partial charge in [0.1, 0.15) is 0 Å². The summed E-state index contributed by atoms with van der Waals surface area (Å²) in [6, 6.07) is 1.38. The number of aromatic nitrogens is 1. The summed E-state index contributed by atoms with van der Waals surface area (Å²) in [5, 5.41) is 6.77. The topological polar surface area (TPSA) is 93.9 Å². The average Bonchev–Trinajstić information content (AvgIpc) is 3.13. The van der Waals surface area contributed by atoms with E-state index in [-0.39, 0.29) is 35.6 Å². The highest BCUT2D eigenvalue weighted by atomic mass is 16.5. The molecule has 27 heavy (non-hydrogen) atoms. The molecule has 2 amide bonds. The summed E-state index contributed by atoms with van der Waals surface area (Å²) in [7, 11) is 0. The maximum atomic E-state index is 12.9. The fourth-order valence-electron chi connectivity index (χ4n) is 3.74. The van der Waals surface area contributed by atoms with Crippen LogP contribution in [0.3, 0.4) is 0 Å². The lowest BCUT2D eigenvalue weighted by Crippen LogP contribution is -2.52. The SMILES string of the molecule is CCCO[C@@H]1CC[C@H](C(=O)N2CCOCC2)C[C@H]1NC(=O)c1cc(C)no1. The summed E-state index contributed by atoms with van der Waals surface area (Å²) >= 11 is 0. The summed E-state index contributed by atoms with van der Waals surface area (Å²) in [6.45, 7) is 6.92. The minimum absolute atomic E-state index is 0.0911. The molecule has 2 heterocycles. The van der Waals surface area contributed by atoms with Crippen LogP contribution in [0.2, 0.25) is 0 Å². The van der Waals surface area contributed by atoms with E-state index in [9.17, 15) is 9.59 Å². The van der Waals surface area contributed by atoms with E-state index < -0.39 is 0 Å². The molecule has 0 aromatic carbocycles. The number of ether oxygens (including phenoxy) is 2. The minimum Gasteiger partial charge on any atom is -0.378 e. The summed E-state index contributed by atoms with van der Waals surface area (Å²) < 4.78 is 16.4. The van der Waals surface area contributed by atoms with Crippen LogP contribution in [0.4, 0.5) is 0 Å². The molecule has 0 radical (unpaired) electrons. The number of hydrogen-bond donors (Lipinski definition) is 1. The molecule has 1 saturated carbocycles. The van der Waals surface area contributed by atoms with Crippen molar-refractivity contribution in [2.24, 2.45) is 5.92 Å². The third kappa shape index (κ3) is 5.07. The van der Waals surface area contributed by atoms with E-state index in [1.54, 1.807) is 13.0 Å². The Kier molecular flexibility index (Phi) is 6.84. The lowest BCUT2D eigenvalue weighted by Gasteiger charge is -2.38. The molecule has 1 N–H and O–H groups in total. The Bertz CT molecular complexity index is 641. The van der Waals surface area contributed by atoms with Crippen molar-refractivity contribution in [2.45, 2.75) is 51.7 Å². The van der Waals surface area contributed by atoms with Gasteiger partial charge in [-0.15, -0.1) is 0 Å². The molecule has 0 bridgehead atoms. The highest BCUT2D eigenvalue weighted by molar-refractivity contribution is 5.91. The number of amides is 2. The molecule has 2 fully saturated rings. The molecule has 2 aliphatic rings. The van der Waals surface area contributed by atoms with Crippen molar-refractivity contribution in [2.75, 3.05) is 32.9 Å². The number of hydrogen-bond acceptors (Lipinski definition) is 6. The van der Waals surface area contributed by atoms with Crippen molar-refractivity contribution in [1.82, 2.24) is 15.4 Å². The van der Waals surface area contributed by atoms with Gasteiger partial charge in [0, 0.05) is 31.7 Å². The number of rotatable bonds is 6. The van der Waals surface area contributed by atoms with Crippen molar-refractivity contribution in [1.29, 1.82) is 0 Å². The van der Waals surface area contributed by atoms with Crippen LogP contribution in [0.1, 0.15) is 48.9 Å². The Morgan fingerprint density at radius 2 is 2.11 bits per heavy atom. The molecule has 8 nitrogen and oxygen atoms in total. The molecular formula is C19H29N3O5. The van der Waals surface area contributed by atoms with Crippen molar-refractivity contribution >= 4 is 11.8 Å². The molecule has 3 atom stereocenters. The zero-order valence-corrected chi connectivity index (χ0v) is 16.1. The van der Waals surface area contributed by atoms with Gasteiger partial charge in [-0.3, -0.25) is 9.59 Å². The van der Waals surface area contributed by atoms with Gasteiger partial charge in [0.25, 0.3) is 5.91 Å². The van der Waals surface area contributed by atoms with Gasteiger partial charge < -0.3 is 24.2 Å². The van der Waals surface area contributed by atoms with E-state index in [4.69, 9.17) is 14.0 Å². The van der Waals surface area contributed by atoms with Crippen molar-refractivity contribution in [3.05, 3.63) is 17.5 Å². The van der Waals surface area contributed by atoms with Gasteiger partial charge in [-0.1, -0.05) is 12.1 Å². The summed E-state index contributed by atoms with van der Waals surface area (Å²) in [5.74, 6) is -0.0816. The Morgan fingerprint density at radius 3 is 2.78 bits per heavy atom. The molecule has 150 valence electrons. The van der Waals surface area contributed by atoms with Crippen LogP contribution in [0.15, 0.2) is 10.6 Å². The standard InChI is InChI=1S/C19H29N3O5/c1-3-8-26-16-5-4-14(19(24)22-6-9-25-10-7-22)12-15(16)20-18(23)17-11-13(2)21-27-17/h11,14-16H,3-10,12H2,1-2H3,(H,20,23)/t14-,15+,16+/m0/s1. The highest BCUT2D eigenvalue weighted by Crippen LogP contribution is 2.29. The van der Waals surface area contributed by atoms with Gasteiger partial charge in [-0.05, 0) is 32.6 Å². The largest absolute Gasteiger partial charge is 0.378 e. The van der Waals surface area contributed by atoms with Crippen LogP contribution in [-0.2, 0) is 14.3 Å². The fourth-order valence-corrected chi connectivity index (χ4v) is 3.74. The quantitative estimate of drug-likeness (QED) is 0.806. The second-order valence-corrected chi connectivity index (χ2v) is 7.27. The third-order valence-electron chi connectivity index (χ3n) is 5.16. The number of morpholine rings is 1. The predicted octanol–water partition coefficient (Wildman–Crippen LogP) is 1.54. The van der Waals surface area contributed by atoms with Crippen LogP contribution in [-0.4, -0.2) is 66.9 Å². The number of nitrogens with zero attached hydrogens (tertiary/aromatic N) is 2. The van der Waals surface area contributed by atoms with E-state index in [1.807, 2.05) is 4.90 Å². The van der Waals surface area contributed by atoms with Crippen molar-refractivity contribution < 1.29 is 23.6 Å². The summed E-state index contributed by atoms with van der Waals surface area (Å²) in [5.41, 5.74) is 0.656. The first-order valence-electron chi connectivity index (χ1n) is 9.80. The lowest BCUT2D eigenvalue weighted by atomic mass is 9.82. The number of carbonyl (C=O) groups is 2. The summed E-state index contributed by atoms with van der Waals surface area (Å²) in [6.07, 6.45) is 2.92. The highest BCUT2D eigenvalue weighted by Gasteiger charge is 2.37. The third-order valence-corrected chi connectivity index (χ3v) is 5.16. The first-order valence-corrected chi connectivity index (χ1v) is 9.80. The zero-order chi connectivity index (χ0) is 19.2. The minimum atomic E-state index is -0.315. The molecule has 3 rings (SSSR count). The number of carbonyl (C=O) groups excluding carboxylic acids is 2. The average molecular weight is 379 g/mol. The predicted molar refractivity (Wildman–Crippen MR) is 97.3 cm³/mol. The molecule has 1 aliphatic carbocycles. The van der Waals surface area contributed by atoms with Crippen LogP contribution < -0.4 is 5.32 Å². The second kappa shape index (κ2) is 9.32. The molecule has 1 aromatic rings. The molecule has 8 heteroatoms. The normalized spacial score (nSPS) is 26.0. The van der Waals surface area contributed by atoms with E-state index in [2.05, 4.69) is 17.4 Å². The molecule has 0 unspecified atom stereocenters. The number of nitrogens with one attached hydrogen (secondary N) is 1. The van der Waals surface area contributed by atoms with Gasteiger partial charge in [0.05, 0.1) is 31.1 Å². The van der Waals surface area contributed by atoms with Gasteiger partial charge in [-0.25, -0.2) is 0 Å². The van der Waals surface area contributed by atoms with Gasteiger partial charge >= 0.3 is 0 Å². The van der Waals surface area contributed by atoms with Crippen LogP contribution in [0.5, 0.6) is 0 Å². The Morgan fingerprint density at radius 1 is 1.33 bits per heavy atom. The first kappa shape index (κ1) is 19.8. The fraction of sp³-hybridized carbons (Fsp3) is 0.737. The van der Waals surface area contributed by atoms with Gasteiger partial charge in [-0.2, -0.15) is 0 Å². The van der Waals surface area contributed by atoms with Crippen LogP contribution in [0.25, 0.3) is 0 Å². The molecule has 0 spiro atoms. The zero-order valence-electron chi connectivity index (χ0n) is 16.1. The smallest absolute Gasteiger partial charge is 0.290 e. The Balaban J connectivity index is 1.65. The lowest BCUT2D eigenvalue weighted by molar-refractivity contribution is -0.142.